The average Bonchev–Trinajstić information content (AvgIpc) is 2.99. The highest BCUT2D eigenvalue weighted by Crippen LogP contribution is 2.33. The Balaban J connectivity index is 1.77. The van der Waals surface area contributed by atoms with E-state index in [0.717, 1.165) is 5.56 Å². The first-order valence-corrected chi connectivity index (χ1v) is 13.2. The van der Waals surface area contributed by atoms with Crippen molar-refractivity contribution in [3.63, 3.8) is 0 Å². The number of halogens is 2. The molecule has 2 aromatic carbocycles. The first-order valence-electron chi connectivity index (χ1n) is 11.3. The summed E-state index contributed by atoms with van der Waals surface area (Å²) in [5.41, 5.74) is 2.50. The predicted octanol–water partition coefficient (Wildman–Crippen LogP) is 5.37. The molecule has 0 unspecified atom stereocenters. The van der Waals surface area contributed by atoms with E-state index in [2.05, 4.69) is 15.5 Å². The fourth-order valence-corrected chi connectivity index (χ4v) is 4.85. The van der Waals surface area contributed by atoms with Crippen LogP contribution in [-0.4, -0.2) is 45.6 Å². The van der Waals surface area contributed by atoms with Crippen LogP contribution in [0.2, 0.25) is 0 Å². The van der Waals surface area contributed by atoms with Crippen LogP contribution in [0, 0.1) is 11.7 Å². The zero-order valence-electron chi connectivity index (χ0n) is 19.6. The quantitative estimate of drug-likeness (QED) is 0.492. The van der Waals surface area contributed by atoms with Crippen molar-refractivity contribution in [3.8, 4) is 11.3 Å². The normalized spacial score (nSPS) is 17.3. The molecule has 1 aliphatic rings. The molecule has 2 N–H and O–H groups in total. The van der Waals surface area contributed by atoms with Crippen LogP contribution in [0.25, 0.3) is 11.3 Å². The summed E-state index contributed by atoms with van der Waals surface area (Å²) in [4.78, 5) is 15.6. The van der Waals surface area contributed by atoms with Gasteiger partial charge >= 0.3 is 0 Å². The lowest BCUT2D eigenvalue weighted by Crippen LogP contribution is -2.30. The van der Waals surface area contributed by atoms with Gasteiger partial charge in [0.1, 0.15) is 0 Å². The van der Waals surface area contributed by atoms with Crippen molar-refractivity contribution in [2.75, 3.05) is 29.6 Å². The zero-order chi connectivity index (χ0) is 25.2. The summed E-state index contributed by atoms with van der Waals surface area (Å²) in [6.07, 6.45) is 1.04. The van der Waals surface area contributed by atoms with Gasteiger partial charge in [0.25, 0.3) is 5.91 Å². The minimum atomic E-state index is -2.97. The number of nitrogens with zero attached hydrogens (tertiary/aromatic N) is 3. The fraction of sp³-hybridized carbons (Fsp3) is 0.320. The average molecular weight is 500 g/mol. The van der Waals surface area contributed by atoms with Gasteiger partial charge in [-0.3, -0.25) is 4.79 Å². The molecule has 0 saturated carbocycles. The maximum Gasteiger partial charge on any atom is 0.259 e. The number of alkyl halides is 2. The van der Waals surface area contributed by atoms with Crippen molar-refractivity contribution in [1.29, 1.82) is 4.78 Å². The molecule has 35 heavy (non-hydrogen) atoms. The molecule has 0 spiro atoms. The van der Waals surface area contributed by atoms with Gasteiger partial charge in [-0.05, 0) is 37.1 Å². The Morgan fingerprint density at radius 3 is 2.54 bits per heavy atom. The molecule has 1 aromatic heterocycles. The van der Waals surface area contributed by atoms with Crippen molar-refractivity contribution in [2.24, 2.45) is 0 Å². The third-order valence-corrected chi connectivity index (χ3v) is 7.19. The van der Waals surface area contributed by atoms with E-state index in [1.807, 2.05) is 30.3 Å². The van der Waals surface area contributed by atoms with Gasteiger partial charge in [0.2, 0.25) is 5.92 Å². The lowest BCUT2D eigenvalue weighted by Gasteiger charge is -2.25. The van der Waals surface area contributed by atoms with E-state index >= 15 is 0 Å². The maximum absolute atomic E-state index is 14.0. The van der Waals surface area contributed by atoms with Gasteiger partial charge in [-0.1, -0.05) is 36.4 Å². The highest BCUT2D eigenvalue weighted by atomic mass is 32.2. The van der Waals surface area contributed by atoms with Crippen molar-refractivity contribution in [2.45, 2.75) is 37.0 Å². The van der Waals surface area contributed by atoms with Crippen molar-refractivity contribution in [3.05, 3.63) is 65.7 Å². The third kappa shape index (κ3) is 5.64. The highest BCUT2D eigenvalue weighted by molar-refractivity contribution is 7.91. The van der Waals surface area contributed by atoms with Crippen LogP contribution in [0.15, 0.2) is 59.5 Å². The number of carbonyl (C=O) groups excluding carboxylic acids is 1. The molecular weight excluding hydrogens is 472 g/mol. The van der Waals surface area contributed by atoms with E-state index in [1.54, 1.807) is 30.0 Å². The van der Waals surface area contributed by atoms with E-state index in [9.17, 15) is 17.8 Å². The Kier molecular flexibility index (Phi) is 6.84. The summed E-state index contributed by atoms with van der Waals surface area (Å²) in [6, 6.07) is 15.6. The van der Waals surface area contributed by atoms with Crippen LogP contribution in [0.5, 0.6) is 0 Å². The van der Waals surface area contributed by atoms with Gasteiger partial charge in [0.05, 0.1) is 21.0 Å². The van der Waals surface area contributed by atoms with E-state index in [0.29, 0.717) is 28.4 Å². The van der Waals surface area contributed by atoms with Crippen LogP contribution >= 0.6 is 0 Å². The topological polar surface area (TPSA) is 99.0 Å². The second-order valence-electron chi connectivity index (χ2n) is 8.76. The molecule has 3 aromatic rings. The Morgan fingerprint density at radius 1 is 1.09 bits per heavy atom. The minimum absolute atomic E-state index is 0.0539. The van der Waals surface area contributed by atoms with Crippen LogP contribution in [0.1, 0.15) is 35.2 Å². The van der Waals surface area contributed by atoms with Crippen LogP contribution in [-0.2, 0) is 9.73 Å². The lowest BCUT2D eigenvalue weighted by molar-refractivity contribution is -0.0102. The smallest absolute Gasteiger partial charge is 0.259 e. The van der Waals surface area contributed by atoms with Gasteiger partial charge in [-0.15, -0.1) is 10.2 Å². The van der Waals surface area contributed by atoms with Crippen molar-refractivity contribution in [1.82, 2.24) is 10.2 Å². The second kappa shape index (κ2) is 9.69. The maximum atomic E-state index is 14.0. The summed E-state index contributed by atoms with van der Waals surface area (Å²) in [7, 11) is -2.97. The monoisotopic (exact) mass is 499 g/mol. The van der Waals surface area contributed by atoms with Gasteiger partial charge < -0.3 is 10.2 Å². The van der Waals surface area contributed by atoms with Crippen molar-refractivity contribution < 1.29 is 17.8 Å². The van der Waals surface area contributed by atoms with E-state index in [4.69, 9.17) is 4.78 Å². The van der Waals surface area contributed by atoms with E-state index < -0.39 is 21.6 Å². The first-order chi connectivity index (χ1) is 16.5. The molecule has 4 rings (SSSR count). The van der Waals surface area contributed by atoms with Crippen molar-refractivity contribution >= 4 is 27.1 Å². The van der Waals surface area contributed by atoms with Gasteiger partial charge in [-0.25, -0.2) is 17.8 Å². The molecule has 184 valence electrons. The SMILES string of the molecule is Cc1c(-c2ccccc2)nnc(N2CCCC(F)(F)CC2)c1C(=O)Nc1cccc([S@@](C)(=N)=O)c1. The molecule has 0 radical (unpaired) electrons. The number of anilines is 2. The Morgan fingerprint density at radius 2 is 1.83 bits per heavy atom. The first kappa shape index (κ1) is 24.7. The second-order valence-corrected chi connectivity index (χ2v) is 10.9. The number of carbonyl (C=O) groups is 1. The number of benzene rings is 2. The molecule has 10 heteroatoms. The zero-order valence-corrected chi connectivity index (χ0v) is 20.4. The molecular formula is C25H27F2N5O2S. The Hall–Kier alpha value is -3.40. The number of hydrogen-bond donors (Lipinski definition) is 2. The molecule has 1 aliphatic heterocycles. The standard InChI is InChI=1S/C25H27F2N5O2S/c1-17-21(24(33)29-19-10-6-11-20(16-19)35(2,28)34)23(32-14-7-12-25(26,27)13-15-32)31-30-22(17)18-8-4-3-5-9-18/h3-6,8-11,16,28H,7,12-15H2,1-2H3,(H,29,33)/t35-/m0/s1. The lowest BCUT2D eigenvalue weighted by atomic mass is 10.0. The van der Waals surface area contributed by atoms with Crippen LogP contribution in [0.3, 0.4) is 0 Å². The Bertz CT molecular complexity index is 1350. The number of amides is 1. The molecule has 1 fully saturated rings. The molecule has 2 heterocycles. The summed E-state index contributed by atoms with van der Waals surface area (Å²) < 4.78 is 48.0. The molecule has 1 saturated heterocycles. The Labute approximate surface area is 203 Å². The van der Waals surface area contributed by atoms with Gasteiger partial charge in [-0.2, -0.15) is 0 Å². The molecule has 0 bridgehead atoms. The van der Waals surface area contributed by atoms with Gasteiger partial charge in [0.15, 0.2) is 5.82 Å². The summed E-state index contributed by atoms with van der Waals surface area (Å²) in [5, 5.41) is 11.5. The molecule has 0 aliphatic carbocycles. The molecule has 7 nitrogen and oxygen atoms in total. The van der Waals surface area contributed by atoms with Crippen LogP contribution in [0.4, 0.5) is 20.3 Å². The third-order valence-electron chi connectivity index (χ3n) is 6.03. The number of nitrogens with one attached hydrogen (secondary N) is 2. The number of aromatic nitrogens is 2. The van der Waals surface area contributed by atoms with E-state index in [1.165, 1.54) is 12.3 Å². The predicted molar refractivity (Wildman–Crippen MR) is 133 cm³/mol. The number of hydrogen-bond acceptors (Lipinski definition) is 6. The fourth-order valence-electron chi connectivity index (χ4n) is 4.16. The van der Waals surface area contributed by atoms with E-state index in [-0.39, 0.29) is 37.2 Å². The molecule has 1 amide bonds. The van der Waals surface area contributed by atoms with Crippen LogP contribution < -0.4 is 10.2 Å². The minimum Gasteiger partial charge on any atom is -0.354 e. The summed E-state index contributed by atoms with van der Waals surface area (Å²) in [6.45, 7) is 2.15. The number of rotatable bonds is 5. The highest BCUT2D eigenvalue weighted by Gasteiger charge is 2.34. The van der Waals surface area contributed by atoms with Gasteiger partial charge in [0, 0.05) is 48.3 Å². The summed E-state index contributed by atoms with van der Waals surface area (Å²) in [5.74, 6) is -2.98. The summed E-state index contributed by atoms with van der Waals surface area (Å²) >= 11 is 0. The molecule has 1 atom stereocenters. The largest absolute Gasteiger partial charge is 0.354 e.